The first kappa shape index (κ1) is 11.7. The molecule has 0 saturated carbocycles. The van der Waals surface area contributed by atoms with Crippen molar-refractivity contribution >= 4 is 17.3 Å². The minimum Gasteiger partial charge on any atom is -0.370 e. The fourth-order valence-corrected chi connectivity index (χ4v) is 2.31. The fourth-order valence-electron chi connectivity index (χ4n) is 2.18. The molecule has 16 heavy (non-hydrogen) atoms. The maximum atomic E-state index is 5.91. The van der Waals surface area contributed by atoms with Gasteiger partial charge in [0.25, 0.3) is 0 Å². The van der Waals surface area contributed by atoms with Crippen molar-refractivity contribution in [3.05, 3.63) is 29.3 Å². The Morgan fingerprint density at radius 1 is 1.25 bits per heavy atom. The monoisotopic (exact) mass is 238 g/mol. The van der Waals surface area contributed by atoms with Gasteiger partial charge in [0.05, 0.1) is 0 Å². The first-order valence-corrected chi connectivity index (χ1v) is 6.20. The fraction of sp³-hybridized carbons (Fsp3) is 0.538. The molecule has 1 heterocycles. The normalized spacial score (nSPS) is 20.6. The van der Waals surface area contributed by atoms with Crippen LogP contribution >= 0.6 is 11.6 Å². The molecule has 1 aliphatic rings. The summed E-state index contributed by atoms with van der Waals surface area (Å²) in [4.78, 5) is 2.43. The van der Waals surface area contributed by atoms with E-state index in [0.29, 0.717) is 0 Å². The molecule has 1 aromatic carbocycles. The third-order valence-corrected chi connectivity index (χ3v) is 3.24. The van der Waals surface area contributed by atoms with Crippen molar-refractivity contribution in [2.75, 3.05) is 24.5 Å². The standard InChI is InChI=1S/C13H19ClN2/c1-13(2)10-16(9-3-8-15-13)12-6-4-11(14)5-7-12/h4-7,15H,3,8-10H2,1-2H3. The van der Waals surface area contributed by atoms with Crippen LogP contribution in [0.25, 0.3) is 0 Å². The van der Waals surface area contributed by atoms with E-state index < -0.39 is 0 Å². The molecular weight excluding hydrogens is 220 g/mol. The number of hydrogen-bond donors (Lipinski definition) is 1. The summed E-state index contributed by atoms with van der Waals surface area (Å²) in [5.41, 5.74) is 1.44. The Hall–Kier alpha value is -0.730. The zero-order valence-corrected chi connectivity index (χ0v) is 10.7. The summed E-state index contributed by atoms with van der Waals surface area (Å²) in [7, 11) is 0. The molecule has 0 unspecified atom stereocenters. The van der Waals surface area contributed by atoms with E-state index >= 15 is 0 Å². The van der Waals surface area contributed by atoms with Crippen LogP contribution < -0.4 is 10.2 Å². The largest absolute Gasteiger partial charge is 0.370 e. The minimum absolute atomic E-state index is 0.177. The molecule has 1 saturated heterocycles. The molecule has 2 nitrogen and oxygen atoms in total. The van der Waals surface area contributed by atoms with Gasteiger partial charge in [-0.3, -0.25) is 0 Å². The van der Waals surface area contributed by atoms with Crippen LogP contribution in [0.3, 0.4) is 0 Å². The summed E-state index contributed by atoms with van der Waals surface area (Å²) in [5.74, 6) is 0. The van der Waals surface area contributed by atoms with Gasteiger partial charge in [-0.25, -0.2) is 0 Å². The molecular formula is C13H19ClN2. The highest BCUT2D eigenvalue weighted by Crippen LogP contribution is 2.21. The number of benzene rings is 1. The molecule has 0 aliphatic carbocycles. The lowest BCUT2D eigenvalue weighted by molar-refractivity contribution is 0.416. The van der Waals surface area contributed by atoms with Crippen LogP contribution in [0.2, 0.25) is 5.02 Å². The molecule has 0 amide bonds. The van der Waals surface area contributed by atoms with Crippen molar-refractivity contribution in [3.8, 4) is 0 Å². The molecule has 2 rings (SSSR count). The minimum atomic E-state index is 0.177. The SMILES string of the molecule is CC1(C)CN(c2ccc(Cl)cc2)CCCN1. The van der Waals surface area contributed by atoms with Gasteiger partial charge in [0.2, 0.25) is 0 Å². The van der Waals surface area contributed by atoms with Gasteiger partial charge in [-0.05, 0) is 51.1 Å². The molecule has 0 radical (unpaired) electrons. The molecule has 0 atom stereocenters. The van der Waals surface area contributed by atoms with Crippen molar-refractivity contribution in [1.29, 1.82) is 0 Å². The molecule has 0 aromatic heterocycles. The Morgan fingerprint density at radius 3 is 2.62 bits per heavy atom. The number of rotatable bonds is 1. The number of halogens is 1. The Kier molecular flexibility index (Phi) is 3.41. The Balaban J connectivity index is 2.16. The molecule has 1 aromatic rings. The molecule has 1 N–H and O–H groups in total. The van der Waals surface area contributed by atoms with Crippen molar-refractivity contribution in [1.82, 2.24) is 5.32 Å². The second-order valence-corrected chi connectivity index (χ2v) is 5.50. The third kappa shape index (κ3) is 2.89. The molecule has 88 valence electrons. The average Bonchev–Trinajstić information content (AvgIpc) is 2.40. The highest BCUT2D eigenvalue weighted by Gasteiger charge is 2.23. The van der Waals surface area contributed by atoms with E-state index in [9.17, 15) is 0 Å². The van der Waals surface area contributed by atoms with E-state index in [1.165, 1.54) is 12.1 Å². The summed E-state index contributed by atoms with van der Waals surface area (Å²) < 4.78 is 0. The van der Waals surface area contributed by atoms with Gasteiger partial charge >= 0.3 is 0 Å². The van der Waals surface area contributed by atoms with Gasteiger partial charge in [0.15, 0.2) is 0 Å². The lowest BCUT2D eigenvalue weighted by Gasteiger charge is -2.31. The first-order valence-electron chi connectivity index (χ1n) is 5.82. The van der Waals surface area contributed by atoms with Gasteiger partial charge in [0, 0.05) is 29.3 Å². The maximum Gasteiger partial charge on any atom is 0.0407 e. The maximum absolute atomic E-state index is 5.91. The Bertz CT molecular complexity index is 345. The van der Waals surface area contributed by atoms with Crippen LogP contribution in [0.15, 0.2) is 24.3 Å². The quantitative estimate of drug-likeness (QED) is 0.810. The highest BCUT2D eigenvalue weighted by molar-refractivity contribution is 6.30. The molecule has 1 fully saturated rings. The van der Waals surface area contributed by atoms with E-state index in [4.69, 9.17) is 11.6 Å². The predicted octanol–water partition coefficient (Wildman–Crippen LogP) is 2.92. The van der Waals surface area contributed by atoms with Crippen molar-refractivity contribution in [2.24, 2.45) is 0 Å². The van der Waals surface area contributed by atoms with Gasteiger partial charge in [-0.2, -0.15) is 0 Å². The van der Waals surface area contributed by atoms with Crippen LogP contribution in [0.5, 0.6) is 0 Å². The van der Waals surface area contributed by atoms with Crippen molar-refractivity contribution < 1.29 is 0 Å². The van der Waals surface area contributed by atoms with Crippen LogP contribution in [-0.4, -0.2) is 25.2 Å². The van der Waals surface area contributed by atoms with E-state index in [2.05, 4.69) is 36.2 Å². The lowest BCUT2D eigenvalue weighted by Crippen LogP contribution is -2.46. The number of nitrogens with one attached hydrogen (secondary N) is 1. The van der Waals surface area contributed by atoms with Crippen molar-refractivity contribution in [3.63, 3.8) is 0 Å². The second-order valence-electron chi connectivity index (χ2n) is 5.06. The summed E-state index contributed by atoms with van der Waals surface area (Å²) in [5, 5.41) is 4.37. The molecule has 0 bridgehead atoms. The number of nitrogens with zero attached hydrogens (tertiary/aromatic N) is 1. The summed E-state index contributed by atoms with van der Waals surface area (Å²) in [6.45, 7) is 7.74. The molecule has 0 spiro atoms. The highest BCUT2D eigenvalue weighted by atomic mass is 35.5. The van der Waals surface area contributed by atoms with E-state index in [0.717, 1.165) is 24.7 Å². The van der Waals surface area contributed by atoms with Crippen LogP contribution in [0.4, 0.5) is 5.69 Å². The topological polar surface area (TPSA) is 15.3 Å². The molecule has 3 heteroatoms. The number of hydrogen-bond acceptors (Lipinski definition) is 2. The predicted molar refractivity (Wildman–Crippen MR) is 70.4 cm³/mol. The average molecular weight is 239 g/mol. The summed E-state index contributed by atoms with van der Waals surface area (Å²) in [6, 6.07) is 8.12. The Labute approximate surface area is 103 Å². The van der Waals surface area contributed by atoms with Crippen LogP contribution in [-0.2, 0) is 0 Å². The third-order valence-electron chi connectivity index (χ3n) is 2.99. The first-order chi connectivity index (χ1) is 7.57. The summed E-state index contributed by atoms with van der Waals surface area (Å²) >= 11 is 5.91. The lowest BCUT2D eigenvalue weighted by atomic mass is 10.1. The Morgan fingerprint density at radius 2 is 1.94 bits per heavy atom. The number of anilines is 1. The van der Waals surface area contributed by atoms with Crippen LogP contribution in [0, 0.1) is 0 Å². The van der Waals surface area contributed by atoms with E-state index in [1.807, 2.05) is 12.1 Å². The van der Waals surface area contributed by atoms with E-state index in [1.54, 1.807) is 0 Å². The van der Waals surface area contributed by atoms with Gasteiger partial charge in [-0.1, -0.05) is 11.6 Å². The van der Waals surface area contributed by atoms with Gasteiger partial charge in [-0.15, -0.1) is 0 Å². The van der Waals surface area contributed by atoms with Gasteiger partial charge in [0.1, 0.15) is 0 Å². The smallest absolute Gasteiger partial charge is 0.0407 e. The van der Waals surface area contributed by atoms with Crippen LogP contribution in [0.1, 0.15) is 20.3 Å². The summed E-state index contributed by atoms with van der Waals surface area (Å²) in [6.07, 6.45) is 1.19. The van der Waals surface area contributed by atoms with Crippen molar-refractivity contribution in [2.45, 2.75) is 25.8 Å². The zero-order chi connectivity index (χ0) is 11.6. The second kappa shape index (κ2) is 4.64. The molecule has 1 aliphatic heterocycles. The van der Waals surface area contributed by atoms with Gasteiger partial charge < -0.3 is 10.2 Å². The zero-order valence-electron chi connectivity index (χ0n) is 9.96. The van der Waals surface area contributed by atoms with E-state index in [-0.39, 0.29) is 5.54 Å².